The fourth-order valence-electron chi connectivity index (χ4n) is 4.40. The molecule has 182 valence electrons. The van der Waals surface area contributed by atoms with E-state index in [0.29, 0.717) is 18.0 Å². The van der Waals surface area contributed by atoms with Crippen LogP contribution in [0.1, 0.15) is 29.0 Å². The molecule has 4 aromatic carbocycles. The number of nitrogens with zero attached hydrogens (tertiary/aromatic N) is 1. The first-order chi connectivity index (χ1) is 17.6. The summed E-state index contributed by atoms with van der Waals surface area (Å²) < 4.78 is 5.59. The fourth-order valence-corrected chi connectivity index (χ4v) is 4.40. The number of fused-ring (bicyclic) bond motifs is 1. The Labute approximate surface area is 210 Å². The summed E-state index contributed by atoms with van der Waals surface area (Å²) in [6, 6.07) is 30.8. The molecule has 1 saturated carbocycles. The lowest BCUT2D eigenvalue weighted by Crippen LogP contribution is -2.46. The zero-order valence-corrected chi connectivity index (χ0v) is 19.9. The molecule has 0 heterocycles. The summed E-state index contributed by atoms with van der Waals surface area (Å²) in [7, 11) is 0. The third-order valence-electron chi connectivity index (χ3n) is 6.58. The molecule has 0 radical (unpaired) electrons. The highest BCUT2D eigenvalue weighted by Gasteiger charge is 2.34. The van der Waals surface area contributed by atoms with Gasteiger partial charge in [-0.1, -0.05) is 84.9 Å². The van der Waals surface area contributed by atoms with Gasteiger partial charge in [-0.15, -0.1) is 0 Å². The molecule has 0 aliphatic heterocycles. The van der Waals surface area contributed by atoms with Gasteiger partial charge >= 0.3 is 6.09 Å². The SMILES string of the molecule is N[C@@H]1C[C@H]1c1ccc(NN(C(=O)OCc2ccccc2)C(C=O)Cc2ccc3ccccc3c2)cc1. The molecule has 1 fully saturated rings. The number of amides is 1. The van der Waals surface area contributed by atoms with Gasteiger partial charge in [0.2, 0.25) is 0 Å². The summed E-state index contributed by atoms with van der Waals surface area (Å²) >= 11 is 0. The molecule has 0 bridgehead atoms. The van der Waals surface area contributed by atoms with E-state index in [1.807, 2.05) is 97.1 Å². The van der Waals surface area contributed by atoms with Crippen molar-refractivity contribution in [1.29, 1.82) is 0 Å². The Morgan fingerprint density at radius 3 is 2.33 bits per heavy atom. The molecule has 0 spiro atoms. The van der Waals surface area contributed by atoms with Crippen molar-refractivity contribution < 1.29 is 14.3 Å². The van der Waals surface area contributed by atoms with Crippen LogP contribution in [0.25, 0.3) is 10.8 Å². The normalized spacial score (nSPS) is 17.2. The fraction of sp³-hybridized carbons (Fsp3) is 0.200. The molecule has 6 heteroatoms. The maximum absolute atomic E-state index is 13.2. The van der Waals surface area contributed by atoms with Crippen molar-refractivity contribution >= 4 is 28.8 Å². The molecule has 1 aliphatic rings. The molecule has 5 rings (SSSR count). The molecule has 1 amide bonds. The second kappa shape index (κ2) is 10.6. The Bertz CT molecular complexity index is 1340. The van der Waals surface area contributed by atoms with Gasteiger partial charge in [0.25, 0.3) is 0 Å². The summed E-state index contributed by atoms with van der Waals surface area (Å²) in [6.07, 6.45) is 1.49. The maximum atomic E-state index is 13.2. The number of benzene rings is 4. The van der Waals surface area contributed by atoms with Crippen LogP contribution >= 0.6 is 0 Å². The highest BCUT2D eigenvalue weighted by molar-refractivity contribution is 5.83. The first-order valence-electron chi connectivity index (χ1n) is 12.2. The molecule has 1 aliphatic carbocycles. The minimum absolute atomic E-state index is 0.109. The van der Waals surface area contributed by atoms with E-state index < -0.39 is 12.1 Å². The third-order valence-corrected chi connectivity index (χ3v) is 6.58. The Hall–Kier alpha value is -4.16. The van der Waals surface area contributed by atoms with Gasteiger partial charge in [0, 0.05) is 18.4 Å². The summed E-state index contributed by atoms with van der Waals surface area (Å²) in [5.41, 5.74) is 12.8. The van der Waals surface area contributed by atoms with E-state index in [-0.39, 0.29) is 12.6 Å². The Balaban J connectivity index is 1.36. The Morgan fingerprint density at radius 2 is 1.64 bits per heavy atom. The lowest BCUT2D eigenvalue weighted by atomic mass is 10.0. The number of hydrogen-bond donors (Lipinski definition) is 2. The topological polar surface area (TPSA) is 84.7 Å². The molecular weight excluding hydrogens is 450 g/mol. The van der Waals surface area contributed by atoms with Gasteiger partial charge in [-0.25, -0.2) is 9.80 Å². The molecule has 3 N–H and O–H groups in total. The van der Waals surface area contributed by atoms with E-state index in [9.17, 15) is 9.59 Å². The lowest BCUT2D eigenvalue weighted by Gasteiger charge is -2.29. The summed E-state index contributed by atoms with van der Waals surface area (Å²) in [4.78, 5) is 25.5. The van der Waals surface area contributed by atoms with Crippen LogP contribution in [0, 0.1) is 0 Å². The highest BCUT2D eigenvalue weighted by Crippen LogP contribution is 2.39. The van der Waals surface area contributed by atoms with Gasteiger partial charge in [-0.2, -0.15) is 0 Å². The number of aldehydes is 1. The summed E-state index contributed by atoms with van der Waals surface area (Å²) in [6.45, 7) is 0.109. The van der Waals surface area contributed by atoms with Gasteiger partial charge in [0.05, 0.1) is 5.69 Å². The largest absolute Gasteiger partial charge is 0.443 e. The van der Waals surface area contributed by atoms with Crippen molar-refractivity contribution in [1.82, 2.24) is 5.01 Å². The van der Waals surface area contributed by atoms with Crippen molar-refractivity contribution in [2.45, 2.75) is 37.5 Å². The van der Waals surface area contributed by atoms with Crippen molar-refractivity contribution in [3.63, 3.8) is 0 Å². The average molecular weight is 480 g/mol. The van der Waals surface area contributed by atoms with Crippen LogP contribution in [0.15, 0.2) is 97.1 Å². The minimum atomic E-state index is -0.772. The van der Waals surface area contributed by atoms with Crippen molar-refractivity contribution in [2.24, 2.45) is 5.73 Å². The quantitative estimate of drug-likeness (QED) is 0.247. The number of anilines is 1. The first-order valence-corrected chi connectivity index (χ1v) is 12.2. The number of hydrazine groups is 1. The van der Waals surface area contributed by atoms with Crippen LogP contribution in [-0.2, 0) is 22.6 Å². The number of nitrogens with one attached hydrogen (secondary N) is 1. The highest BCUT2D eigenvalue weighted by atomic mass is 16.6. The molecule has 4 aromatic rings. The van der Waals surface area contributed by atoms with Crippen LogP contribution in [0.4, 0.5) is 10.5 Å². The summed E-state index contributed by atoms with van der Waals surface area (Å²) in [5, 5.41) is 3.49. The van der Waals surface area contributed by atoms with E-state index in [0.717, 1.165) is 34.6 Å². The lowest BCUT2D eigenvalue weighted by molar-refractivity contribution is -0.111. The zero-order chi connectivity index (χ0) is 24.9. The van der Waals surface area contributed by atoms with Crippen molar-refractivity contribution in [3.05, 3.63) is 114 Å². The first kappa shape index (κ1) is 23.6. The van der Waals surface area contributed by atoms with E-state index in [1.54, 1.807) is 0 Å². The molecule has 3 atom stereocenters. The van der Waals surface area contributed by atoms with E-state index in [1.165, 1.54) is 10.6 Å². The molecule has 0 saturated heterocycles. The van der Waals surface area contributed by atoms with Gasteiger partial charge in [0.1, 0.15) is 18.9 Å². The van der Waals surface area contributed by atoms with Gasteiger partial charge < -0.3 is 15.3 Å². The number of rotatable bonds is 9. The van der Waals surface area contributed by atoms with Crippen LogP contribution in [-0.4, -0.2) is 29.5 Å². The van der Waals surface area contributed by atoms with Crippen LogP contribution in [0.5, 0.6) is 0 Å². The van der Waals surface area contributed by atoms with Crippen LogP contribution in [0.3, 0.4) is 0 Å². The third kappa shape index (κ3) is 5.56. The van der Waals surface area contributed by atoms with Crippen molar-refractivity contribution in [3.8, 4) is 0 Å². The smallest absolute Gasteiger partial charge is 0.429 e. The molecule has 0 aromatic heterocycles. The molecular formula is C30H29N3O3. The Morgan fingerprint density at radius 1 is 0.944 bits per heavy atom. The van der Waals surface area contributed by atoms with E-state index in [4.69, 9.17) is 10.5 Å². The second-order valence-electron chi connectivity index (χ2n) is 9.24. The number of ether oxygens (including phenoxy) is 1. The number of hydrogen-bond acceptors (Lipinski definition) is 5. The second-order valence-corrected chi connectivity index (χ2v) is 9.24. The van der Waals surface area contributed by atoms with Gasteiger partial charge in [-0.3, -0.25) is 5.43 Å². The van der Waals surface area contributed by atoms with Gasteiger partial charge in [0.15, 0.2) is 0 Å². The monoisotopic (exact) mass is 479 g/mol. The zero-order valence-electron chi connectivity index (χ0n) is 19.9. The molecule has 36 heavy (non-hydrogen) atoms. The van der Waals surface area contributed by atoms with Crippen LogP contribution in [0.2, 0.25) is 0 Å². The van der Waals surface area contributed by atoms with Crippen LogP contribution < -0.4 is 11.2 Å². The Kier molecular flexibility index (Phi) is 6.96. The summed E-state index contributed by atoms with van der Waals surface area (Å²) in [5.74, 6) is 0.390. The maximum Gasteiger partial charge on any atom is 0.429 e. The minimum Gasteiger partial charge on any atom is -0.443 e. The number of nitrogens with two attached hydrogens (primary N) is 1. The predicted molar refractivity (Wildman–Crippen MR) is 141 cm³/mol. The molecule has 1 unspecified atom stereocenters. The van der Waals surface area contributed by atoms with E-state index >= 15 is 0 Å². The number of carbonyl (C=O) groups excluding carboxylic acids is 2. The van der Waals surface area contributed by atoms with Crippen molar-refractivity contribution in [2.75, 3.05) is 5.43 Å². The number of carbonyl (C=O) groups is 2. The predicted octanol–water partition coefficient (Wildman–Crippen LogP) is 5.43. The standard InChI is InChI=1S/C30H29N3O3/c31-29-18-28(29)24-12-14-26(15-13-24)32-33(30(35)36-20-21-6-2-1-3-7-21)27(19-34)17-22-10-11-23-8-4-5-9-25(23)16-22/h1-16,19,27-29,32H,17-18,20,31H2/t27?,28-,29+/m0/s1. The van der Waals surface area contributed by atoms with E-state index in [2.05, 4.69) is 5.43 Å². The molecule has 6 nitrogen and oxygen atoms in total. The average Bonchev–Trinajstić information content (AvgIpc) is 3.66. The van der Waals surface area contributed by atoms with Gasteiger partial charge in [-0.05, 0) is 46.0 Å².